The highest BCUT2D eigenvalue weighted by atomic mass is 16.5. The van der Waals surface area contributed by atoms with Crippen LogP contribution in [-0.2, 0) is 27.4 Å². The first-order valence-electron chi connectivity index (χ1n) is 8.31. The molecule has 0 aromatic carbocycles. The molecule has 1 aliphatic carbocycles. The third-order valence-electron chi connectivity index (χ3n) is 4.18. The lowest BCUT2D eigenvalue weighted by molar-refractivity contribution is -0.128. The summed E-state index contributed by atoms with van der Waals surface area (Å²) in [6, 6.07) is 1.93. The van der Waals surface area contributed by atoms with E-state index in [1.165, 1.54) is 0 Å². The highest BCUT2D eigenvalue weighted by Crippen LogP contribution is 2.26. The summed E-state index contributed by atoms with van der Waals surface area (Å²) in [5, 5.41) is 9.99. The van der Waals surface area contributed by atoms with Crippen LogP contribution in [0.25, 0.3) is 0 Å². The Bertz CT molecular complexity index is 491. The minimum Gasteiger partial charge on any atom is -0.378 e. The number of ether oxygens (including phenoxy) is 2. The van der Waals surface area contributed by atoms with Gasteiger partial charge >= 0.3 is 0 Å². The minimum atomic E-state index is -0.0296. The summed E-state index contributed by atoms with van der Waals surface area (Å²) in [6.45, 7) is 3.67. The Kier molecular flexibility index (Phi) is 7.01. The lowest BCUT2D eigenvalue weighted by Crippen LogP contribution is -2.45. The molecular formula is C16H28N4O3. The van der Waals surface area contributed by atoms with Crippen LogP contribution in [0.15, 0.2) is 6.07 Å². The average Bonchev–Trinajstić information content (AvgIpc) is 3.00. The molecule has 1 heterocycles. The third-order valence-corrected chi connectivity index (χ3v) is 4.18. The number of carbonyl (C=O) groups excluding carboxylic acids is 1. The predicted molar refractivity (Wildman–Crippen MR) is 86.5 cm³/mol. The maximum Gasteiger partial charge on any atom is 0.223 e. The lowest BCUT2D eigenvalue weighted by atomic mass is 9.83. The van der Waals surface area contributed by atoms with E-state index < -0.39 is 0 Å². The normalized spacial score (nSPS) is 24.6. The van der Waals surface area contributed by atoms with E-state index in [9.17, 15) is 4.79 Å². The lowest BCUT2D eigenvalue weighted by Gasteiger charge is -2.33. The summed E-state index contributed by atoms with van der Waals surface area (Å²) in [4.78, 5) is 12.4. The zero-order chi connectivity index (χ0) is 16.7. The number of amides is 1. The molecule has 1 aromatic heterocycles. The quantitative estimate of drug-likeness (QED) is 0.664. The molecule has 3 atom stereocenters. The fraction of sp³-hybridized carbons (Fsp3) is 0.750. The van der Waals surface area contributed by atoms with Gasteiger partial charge in [0.1, 0.15) is 0 Å². The summed E-state index contributed by atoms with van der Waals surface area (Å²) in [5.74, 6) is 0.0305. The van der Waals surface area contributed by atoms with Crippen LogP contribution in [0.4, 0.5) is 0 Å². The Morgan fingerprint density at radius 2 is 2.35 bits per heavy atom. The van der Waals surface area contributed by atoms with Crippen molar-refractivity contribution in [3.8, 4) is 0 Å². The number of nitrogens with two attached hydrogens (primary N) is 1. The van der Waals surface area contributed by atoms with Crippen LogP contribution in [0, 0.1) is 5.92 Å². The van der Waals surface area contributed by atoms with Gasteiger partial charge in [0, 0.05) is 25.7 Å². The smallest absolute Gasteiger partial charge is 0.223 e. The van der Waals surface area contributed by atoms with Crippen molar-refractivity contribution in [2.75, 3.05) is 13.7 Å². The number of hydrogen-bond donors (Lipinski definition) is 3. The van der Waals surface area contributed by atoms with Crippen molar-refractivity contribution in [3.63, 3.8) is 0 Å². The van der Waals surface area contributed by atoms with E-state index in [0.717, 1.165) is 30.7 Å². The van der Waals surface area contributed by atoms with E-state index in [4.69, 9.17) is 15.2 Å². The van der Waals surface area contributed by atoms with Gasteiger partial charge in [0.2, 0.25) is 5.91 Å². The van der Waals surface area contributed by atoms with Crippen LogP contribution in [0.2, 0.25) is 0 Å². The predicted octanol–water partition coefficient (Wildman–Crippen LogP) is 1.09. The Balaban J connectivity index is 1.80. The molecule has 1 amide bonds. The molecule has 0 spiro atoms. The van der Waals surface area contributed by atoms with Gasteiger partial charge in [0.05, 0.1) is 30.6 Å². The largest absolute Gasteiger partial charge is 0.378 e. The molecule has 4 N–H and O–H groups in total. The number of aromatic nitrogens is 2. The molecular weight excluding hydrogens is 296 g/mol. The Morgan fingerprint density at radius 1 is 1.52 bits per heavy atom. The average molecular weight is 324 g/mol. The SMILES string of the molecule is CCCO[C@@H]1C[C@@H](C(=O)NCc2cc(COC)n[nH]2)CC[C@H]1N. The van der Waals surface area contributed by atoms with Crippen LogP contribution in [0.1, 0.15) is 44.0 Å². The molecule has 1 aromatic rings. The fourth-order valence-corrected chi connectivity index (χ4v) is 2.90. The third kappa shape index (κ3) is 5.30. The summed E-state index contributed by atoms with van der Waals surface area (Å²) in [6.07, 6.45) is 3.29. The first-order chi connectivity index (χ1) is 11.1. The molecule has 2 rings (SSSR count). The second-order valence-corrected chi connectivity index (χ2v) is 6.12. The van der Waals surface area contributed by atoms with Crippen LogP contribution in [0.3, 0.4) is 0 Å². The fourth-order valence-electron chi connectivity index (χ4n) is 2.90. The zero-order valence-electron chi connectivity index (χ0n) is 14.0. The van der Waals surface area contributed by atoms with Gasteiger partial charge in [-0.3, -0.25) is 9.89 Å². The van der Waals surface area contributed by atoms with Crippen LogP contribution < -0.4 is 11.1 Å². The Morgan fingerprint density at radius 3 is 3.09 bits per heavy atom. The summed E-state index contributed by atoms with van der Waals surface area (Å²) < 4.78 is 10.8. The van der Waals surface area contributed by atoms with Gasteiger partial charge in [-0.1, -0.05) is 6.92 Å². The molecule has 1 fully saturated rings. The summed E-state index contributed by atoms with van der Waals surface area (Å²) >= 11 is 0. The number of rotatable bonds is 8. The van der Waals surface area contributed by atoms with Crippen molar-refractivity contribution in [1.82, 2.24) is 15.5 Å². The van der Waals surface area contributed by atoms with Crippen molar-refractivity contribution in [3.05, 3.63) is 17.5 Å². The number of nitrogens with zero attached hydrogens (tertiary/aromatic N) is 1. The number of carbonyl (C=O) groups is 1. The van der Waals surface area contributed by atoms with Crippen LogP contribution in [-0.4, -0.2) is 42.0 Å². The second kappa shape index (κ2) is 9.00. The monoisotopic (exact) mass is 324 g/mol. The Hall–Kier alpha value is -1.44. The van der Waals surface area contributed by atoms with Gasteiger partial charge in [-0.25, -0.2) is 0 Å². The molecule has 0 aliphatic heterocycles. The van der Waals surface area contributed by atoms with Crippen molar-refractivity contribution >= 4 is 5.91 Å². The van der Waals surface area contributed by atoms with Gasteiger partial charge in [0.25, 0.3) is 0 Å². The molecule has 130 valence electrons. The van der Waals surface area contributed by atoms with Crippen LogP contribution >= 0.6 is 0 Å². The number of methoxy groups -OCH3 is 1. The van der Waals surface area contributed by atoms with E-state index in [2.05, 4.69) is 22.4 Å². The molecule has 0 bridgehead atoms. The number of H-pyrrole nitrogens is 1. The molecule has 7 heteroatoms. The van der Waals surface area contributed by atoms with Gasteiger partial charge in [-0.15, -0.1) is 0 Å². The van der Waals surface area contributed by atoms with Crippen molar-refractivity contribution < 1.29 is 14.3 Å². The van der Waals surface area contributed by atoms with Gasteiger partial charge in [0.15, 0.2) is 0 Å². The molecule has 0 saturated heterocycles. The molecule has 23 heavy (non-hydrogen) atoms. The molecule has 0 unspecified atom stereocenters. The second-order valence-electron chi connectivity index (χ2n) is 6.12. The van der Waals surface area contributed by atoms with E-state index in [1.807, 2.05) is 6.07 Å². The van der Waals surface area contributed by atoms with E-state index in [1.54, 1.807) is 7.11 Å². The van der Waals surface area contributed by atoms with Gasteiger partial charge in [-0.05, 0) is 31.7 Å². The highest BCUT2D eigenvalue weighted by Gasteiger charge is 2.32. The summed E-state index contributed by atoms with van der Waals surface area (Å²) in [5.41, 5.74) is 7.80. The minimum absolute atomic E-state index is 0.0140. The topological polar surface area (TPSA) is 102 Å². The number of aromatic amines is 1. The van der Waals surface area contributed by atoms with E-state index in [0.29, 0.717) is 26.2 Å². The van der Waals surface area contributed by atoms with Crippen molar-refractivity contribution in [2.24, 2.45) is 11.7 Å². The standard InChI is InChI=1S/C16H28N4O3/c1-3-6-23-15-7-11(4-5-14(15)17)16(21)18-9-12-8-13(10-22-2)20-19-12/h8,11,14-15H,3-7,9-10,17H2,1-2H3,(H,18,21)(H,19,20)/t11-,14+,15+/m0/s1. The van der Waals surface area contributed by atoms with E-state index >= 15 is 0 Å². The van der Waals surface area contributed by atoms with Crippen LogP contribution in [0.5, 0.6) is 0 Å². The Labute approximate surface area is 137 Å². The van der Waals surface area contributed by atoms with E-state index in [-0.39, 0.29) is 24.0 Å². The molecule has 0 radical (unpaired) electrons. The number of hydrogen-bond acceptors (Lipinski definition) is 5. The highest BCUT2D eigenvalue weighted by molar-refractivity contribution is 5.78. The molecule has 1 aliphatic rings. The molecule has 7 nitrogen and oxygen atoms in total. The van der Waals surface area contributed by atoms with Gasteiger partial charge < -0.3 is 20.5 Å². The molecule has 1 saturated carbocycles. The first kappa shape index (κ1) is 17.9. The number of nitrogens with one attached hydrogen (secondary N) is 2. The summed E-state index contributed by atoms with van der Waals surface area (Å²) in [7, 11) is 1.63. The van der Waals surface area contributed by atoms with Gasteiger partial charge in [-0.2, -0.15) is 5.10 Å². The maximum absolute atomic E-state index is 12.4. The maximum atomic E-state index is 12.4. The first-order valence-corrected chi connectivity index (χ1v) is 8.31. The van der Waals surface area contributed by atoms with Crippen molar-refractivity contribution in [2.45, 2.75) is 57.9 Å². The zero-order valence-corrected chi connectivity index (χ0v) is 14.0. The van der Waals surface area contributed by atoms with Crippen molar-refractivity contribution in [1.29, 1.82) is 0 Å².